The van der Waals surface area contributed by atoms with Crippen molar-refractivity contribution < 1.29 is 14.2 Å². The SMILES string of the molecule is CCCNCc1ccc(OCCOCCOC)nc1. The number of pyridine rings is 1. The molecule has 0 aliphatic carbocycles. The summed E-state index contributed by atoms with van der Waals surface area (Å²) in [6.45, 7) is 6.28. The Hall–Kier alpha value is -1.17. The summed E-state index contributed by atoms with van der Waals surface area (Å²) in [5.41, 5.74) is 1.16. The van der Waals surface area contributed by atoms with E-state index in [1.165, 1.54) is 0 Å². The number of aromatic nitrogens is 1. The zero-order chi connectivity index (χ0) is 13.8. The molecule has 0 amide bonds. The largest absolute Gasteiger partial charge is 0.475 e. The normalized spacial score (nSPS) is 10.6. The Morgan fingerprint density at radius 1 is 1.16 bits per heavy atom. The van der Waals surface area contributed by atoms with Crippen LogP contribution in [-0.2, 0) is 16.0 Å². The molecule has 0 radical (unpaired) electrons. The van der Waals surface area contributed by atoms with Crippen LogP contribution in [0.3, 0.4) is 0 Å². The Morgan fingerprint density at radius 3 is 2.68 bits per heavy atom. The number of hydrogen-bond donors (Lipinski definition) is 1. The second-order valence-corrected chi connectivity index (χ2v) is 4.14. The molecular weight excluding hydrogens is 244 g/mol. The summed E-state index contributed by atoms with van der Waals surface area (Å²) in [6.07, 6.45) is 2.97. The Bertz CT molecular complexity index is 317. The van der Waals surface area contributed by atoms with E-state index in [0.29, 0.717) is 32.3 Å². The van der Waals surface area contributed by atoms with Crippen molar-refractivity contribution in [2.24, 2.45) is 0 Å². The molecule has 0 saturated carbocycles. The van der Waals surface area contributed by atoms with Crippen LogP contribution in [0.15, 0.2) is 18.3 Å². The minimum absolute atomic E-state index is 0.504. The number of nitrogens with zero attached hydrogens (tertiary/aromatic N) is 1. The molecular formula is C14H24N2O3. The molecule has 5 nitrogen and oxygen atoms in total. The van der Waals surface area contributed by atoms with Crippen LogP contribution in [0.25, 0.3) is 0 Å². The number of ether oxygens (including phenoxy) is 3. The van der Waals surface area contributed by atoms with E-state index in [0.717, 1.165) is 25.1 Å². The quantitative estimate of drug-likeness (QED) is 0.618. The highest BCUT2D eigenvalue weighted by Gasteiger charge is 1.97. The van der Waals surface area contributed by atoms with Crippen molar-refractivity contribution in [3.05, 3.63) is 23.9 Å². The molecule has 0 aromatic carbocycles. The maximum Gasteiger partial charge on any atom is 0.213 e. The van der Waals surface area contributed by atoms with E-state index in [1.54, 1.807) is 7.11 Å². The molecule has 5 heteroatoms. The van der Waals surface area contributed by atoms with Gasteiger partial charge in [0.05, 0.1) is 19.8 Å². The number of methoxy groups -OCH3 is 1. The molecule has 0 bridgehead atoms. The van der Waals surface area contributed by atoms with Gasteiger partial charge in [-0.3, -0.25) is 0 Å². The zero-order valence-electron chi connectivity index (χ0n) is 11.9. The summed E-state index contributed by atoms with van der Waals surface area (Å²) < 4.78 is 15.6. The molecule has 1 heterocycles. The number of hydrogen-bond acceptors (Lipinski definition) is 5. The van der Waals surface area contributed by atoms with E-state index >= 15 is 0 Å². The first-order valence-corrected chi connectivity index (χ1v) is 6.72. The van der Waals surface area contributed by atoms with Crippen molar-refractivity contribution in [1.29, 1.82) is 0 Å². The molecule has 1 N–H and O–H groups in total. The van der Waals surface area contributed by atoms with Crippen molar-refractivity contribution in [3.8, 4) is 5.88 Å². The van der Waals surface area contributed by atoms with Crippen LogP contribution in [-0.4, -0.2) is 45.1 Å². The van der Waals surface area contributed by atoms with E-state index in [9.17, 15) is 0 Å². The van der Waals surface area contributed by atoms with Gasteiger partial charge in [-0.25, -0.2) is 4.98 Å². The van der Waals surface area contributed by atoms with Gasteiger partial charge in [-0.05, 0) is 18.5 Å². The molecule has 0 aliphatic heterocycles. The Balaban J connectivity index is 2.13. The van der Waals surface area contributed by atoms with Crippen LogP contribution in [0, 0.1) is 0 Å². The van der Waals surface area contributed by atoms with Crippen molar-refractivity contribution in [2.45, 2.75) is 19.9 Å². The van der Waals surface area contributed by atoms with Crippen LogP contribution in [0.2, 0.25) is 0 Å². The molecule has 0 atom stereocenters. The lowest BCUT2D eigenvalue weighted by atomic mass is 10.3. The fourth-order valence-corrected chi connectivity index (χ4v) is 1.46. The van der Waals surface area contributed by atoms with E-state index < -0.39 is 0 Å². The van der Waals surface area contributed by atoms with Gasteiger partial charge in [0.25, 0.3) is 0 Å². The van der Waals surface area contributed by atoms with Gasteiger partial charge >= 0.3 is 0 Å². The summed E-state index contributed by atoms with van der Waals surface area (Å²) in [5, 5.41) is 3.33. The van der Waals surface area contributed by atoms with Crippen molar-refractivity contribution in [2.75, 3.05) is 40.1 Å². The molecule has 1 aromatic rings. The topological polar surface area (TPSA) is 52.6 Å². The zero-order valence-corrected chi connectivity index (χ0v) is 11.9. The lowest BCUT2D eigenvalue weighted by Gasteiger charge is -2.07. The first-order chi connectivity index (χ1) is 9.36. The van der Waals surface area contributed by atoms with Crippen LogP contribution in [0.5, 0.6) is 5.88 Å². The van der Waals surface area contributed by atoms with Crippen LogP contribution in [0.1, 0.15) is 18.9 Å². The second-order valence-electron chi connectivity index (χ2n) is 4.14. The lowest BCUT2D eigenvalue weighted by molar-refractivity contribution is 0.0537. The summed E-state index contributed by atoms with van der Waals surface area (Å²) in [5.74, 6) is 0.634. The van der Waals surface area contributed by atoms with Gasteiger partial charge in [-0.15, -0.1) is 0 Å². The first-order valence-electron chi connectivity index (χ1n) is 6.72. The lowest BCUT2D eigenvalue weighted by Crippen LogP contribution is -2.14. The third kappa shape index (κ3) is 7.77. The molecule has 0 spiro atoms. The summed E-state index contributed by atoms with van der Waals surface area (Å²) in [6, 6.07) is 3.91. The maximum absolute atomic E-state index is 5.47. The third-order valence-electron chi connectivity index (χ3n) is 2.46. The molecule has 1 aromatic heterocycles. The second kappa shape index (κ2) is 10.7. The van der Waals surface area contributed by atoms with E-state index in [-0.39, 0.29) is 0 Å². The summed E-state index contributed by atoms with van der Waals surface area (Å²) in [4.78, 5) is 4.25. The summed E-state index contributed by atoms with van der Waals surface area (Å²) in [7, 11) is 1.65. The Kier molecular flexibility index (Phi) is 8.97. The minimum atomic E-state index is 0.504. The van der Waals surface area contributed by atoms with Gasteiger partial charge in [0.15, 0.2) is 0 Å². The molecule has 108 valence electrons. The number of nitrogens with one attached hydrogen (secondary N) is 1. The first kappa shape index (κ1) is 15.9. The monoisotopic (exact) mass is 268 g/mol. The van der Waals surface area contributed by atoms with Gasteiger partial charge in [0, 0.05) is 25.9 Å². The Labute approximate surface area is 115 Å². The minimum Gasteiger partial charge on any atom is -0.475 e. The van der Waals surface area contributed by atoms with E-state index in [4.69, 9.17) is 14.2 Å². The Morgan fingerprint density at radius 2 is 2.00 bits per heavy atom. The van der Waals surface area contributed by atoms with Crippen molar-refractivity contribution in [3.63, 3.8) is 0 Å². The van der Waals surface area contributed by atoms with Gasteiger partial charge in [-0.2, -0.15) is 0 Å². The fourth-order valence-electron chi connectivity index (χ4n) is 1.46. The van der Waals surface area contributed by atoms with Gasteiger partial charge in [-0.1, -0.05) is 13.0 Å². The van der Waals surface area contributed by atoms with Crippen molar-refractivity contribution >= 4 is 0 Å². The van der Waals surface area contributed by atoms with Crippen LogP contribution < -0.4 is 10.1 Å². The highest BCUT2D eigenvalue weighted by Crippen LogP contribution is 2.07. The van der Waals surface area contributed by atoms with Gasteiger partial charge < -0.3 is 19.5 Å². The third-order valence-corrected chi connectivity index (χ3v) is 2.46. The number of rotatable bonds is 11. The molecule has 19 heavy (non-hydrogen) atoms. The predicted octanol–water partition coefficient (Wildman–Crippen LogP) is 1.62. The van der Waals surface area contributed by atoms with Gasteiger partial charge in [0.1, 0.15) is 6.61 Å². The standard InChI is InChI=1S/C14H24N2O3/c1-3-6-15-11-13-4-5-14(16-12-13)19-10-9-18-8-7-17-2/h4-5,12,15H,3,6-11H2,1-2H3. The van der Waals surface area contributed by atoms with Crippen LogP contribution >= 0.6 is 0 Å². The van der Waals surface area contributed by atoms with E-state index in [2.05, 4.69) is 17.2 Å². The average molecular weight is 268 g/mol. The highest BCUT2D eigenvalue weighted by molar-refractivity contribution is 5.17. The summed E-state index contributed by atoms with van der Waals surface area (Å²) >= 11 is 0. The van der Waals surface area contributed by atoms with Crippen molar-refractivity contribution in [1.82, 2.24) is 10.3 Å². The highest BCUT2D eigenvalue weighted by atomic mass is 16.5. The molecule has 1 rings (SSSR count). The maximum atomic E-state index is 5.47. The van der Waals surface area contributed by atoms with E-state index in [1.807, 2.05) is 18.3 Å². The molecule has 0 fully saturated rings. The molecule has 0 unspecified atom stereocenters. The molecule has 0 saturated heterocycles. The van der Waals surface area contributed by atoms with Gasteiger partial charge in [0.2, 0.25) is 5.88 Å². The van der Waals surface area contributed by atoms with Crippen LogP contribution in [0.4, 0.5) is 0 Å². The smallest absolute Gasteiger partial charge is 0.213 e. The fraction of sp³-hybridized carbons (Fsp3) is 0.643. The predicted molar refractivity (Wildman–Crippen MR) is 74.4 cm³/mol. The molecule has 0 aliphatic rings. The average Bonchev–Trinajstić information content (AvgIpc) is 2.44.